The van der Waals surface area contributed by atoms with Crippen molar-refractivity contribution >= 4 is 37.2 Å². The standard InChI is InChI=1S/C14H17Cl2NO3S/c1-9(2)10-5-6-17(8-10)14(18)12-7-11(21(16,19)20)3-4-13(12)15/h3-4,7,9-10H,5-6,8H2,1-2H3. The highest BCUT2D eigenvalue weighted by molar-refractivity contribution is 8.13. The first-order valence-electron chi connectivity index (χ1n) is 6.73. The second-order valence-corrected chi connectivity index (χ2v) is 8.60. The van der Waals surface area contributed by atoms with Gasteiger partial charge in [0.1, 0.15) is 0 Å². The number of carbonyl (C=O) groups is 1. The van der Waals surface area contributed by atoms with E-state index in [1.54, 1.807) is 4.90 Å². The first-order chi connectivity index (χ1) is 9.70. The van der Waals surface area contributed by atoms with Crippen molar-refractivity contribution in [1.29, 1.82) is 0 Å². The third kappa shape index (κ3) is 3.71. The summed E-state index contributed by atoms with van der Waals surface area (Å²) in [6, 6.07) is 3.93. The average molecular weight is 350 g/mol. The number of carbonyl (C=O) groups excluding carboxylic acids is 1. The molecule has 7 heteroatoms. The monoisotopic (exact) mass is 349 g/mol. The number of nitrogens with zero attached hydrogens (tertiary/aromatic N) is 1. The maximum Gasteiger partial charge on any atom is 0.261 e. The lowest BCUT2D eigenvalue weighted by atomic mass is 9.95. The lowest BCUT2D eigenvalue weighted by molar-refractivity contribution is 0.0784. The number of likely N-dealkylation sites (tertiary alicyclic amines) is 1. The second kappa shape index (κ2) is 6.15. The maximum atomic E-state index is 12.5. The van der Waals surface area contributed by atoms with Crippen LogP contribution < -0.4 is 0 Å². The van der Waals surface area contributed by atoms with Gasteiger partial charge in [0.25, 0.3) is 15.0 Å². The summed E-state index contributed by atoms with van der Waals surface area (Å²) in [4.78, 5) is 14.1. The molecule has 21 heavy (non-hydrogen) atoms. The van der Waals surface area contributed by atoms with Gasteiger partial charge in [-0.15, -0.1) is 0 Å². The van der Waals surface area contributed by atoms with E-state index in [0.29, 0.717) is 24.9 Å². The van der Waals surface area contributed by atoms with E-state index in [2.05, 4.69) is 13.8 Å². The summed E-state index contributed by atoms with van der Waals surface area (Å²) in [6.07, 6.45) is 0.953. The van der Waals surface area contributed by atoms with Gasteiger partial charge in [0.2, 0.25) is 0 Å². The molecular formula is C14H17Cl2NO3S. The molecule has 1 fully saturated rings. The van der Waals surface area contributed by atoms with Crippen LogP contribution in [0.15, 0.2) is 23.1 Å². The minimum Gasteiger partial charge on any atom is -0.338 e. The highest BCUT2D eigenvalue weighted by atomic mass is 35.7. The fraction of sp³-hybridized carbons (Fsp3) is 0.500. The molecule has 1 amide bonds. The highest BCUT2D eigenvalue weighted by Crippen LogP contribution is 2.28. The van der Waals surface area contributed by atoms with Crippen LogP contribution in [0.2, 0.25) is 5.02 Å². The van der Waals surface area contributed by atoms with Crippen LogP contribution in [-0.4, -0.2) is 32.3 Å². The number of amides is 1. The summed E-state index contributed by atoms with van der Waals surface area (Å²) in [5.74, 6) is 0.728. The molecule has 0 saturated carbocycles. The predicted molar refractivity (Wildman–Crippen MR) is 83.3 cm³/mol. The fourth-order valence-electron chi connectivity index (χ4n) is 2.51. The number of rotatable bonds is 3. The van der Waals surface area contributed by atoms with Crippen molar-refractivity contribution in [2.75, 3.05) is 13.1 Å². The molecule has 1 aliphatic rings. The molecule has 1 aromatic rings. The zero-order valence-electron chi connectivity index (χ0n) is 11.8. The molecule has 116 valence electrons. The molecule has 2 rings (SSSR count). The lowest BCUT2D eigenvalue weighted by Crippen LogP contribution is -2.29. The Morgan fingerprint density at radius 2 is 2.05 bits per heavy atom. The van der Waals surface area contributed by atoms with Crippen LogP contribution in [0.4, 0.5) is 0 Å². The van der Waals surface area contributed by atoms with Gasteiger partial charge >= 0.3 is 0 Å². The van der Waals surface area contributed by atoms with Crippen molar-refractivity contribution in [3.63, 3.8) is 0 Å². The van der Waals surface area contributed by atoms with Crippen LogP contribution in [0.25, 0.3) is 0 Å². The van der Waals surface area contributed by atoms with E-state index in [9.17, 15) is 13.2 Å². The Kier molecular flexibility index (Phi) is 4.85. The van der Waals surface area contributed by atoms with Crippen LogP contribution in [0, 0.1) is 11.8 Å². The average Bonchev–Trinajstić information content (AvgIpc) is 2.86. The van der Waals surface area contributed by atoms with E-state index in [4.69, 9.17) is 22.3 Å². The van der Waals surface area contributed by atoms with Gasteiger partial charge in [-0.25, -0.2) is 8.42 Å². The Labute approximate surface area is 134 Å². The second-order valence-electron chi connectivity index (χ2n) is 5.62. The van der Waals surface area contributed by atoms with Crippen molar-refractivity contribution in [3.05, 3.63) is 28.8 Å². The molecule has 1 unspecified atom stereocenters. The van der Waals surface area contributed by atoms with Crippen molar-refractivity contribution in [2.24, 2.45) is 11.8 Å². The third-order valence-corrected chi connectivity index (χ3v) is 5.59. The lowest BCUT2D eigenvalue weighted by Gasteiger charge is -2.19. The van der Waals surface area contributed by atoms with Crippen LogP contribution in [0.3, 0.4) is 0 Å². The molecule has 0 aliphatic carbocycles. The molecule has 0 radical (unpaired) electrons. The van der Waals surface area contributed by atoms with Gasteiger partial charge in [0.15, 0.2) is 0 Å². The van der Waals surface area contributed by atoms with E-state index < -0.39 is 9.05 Å². The Balaban J connectivity index is 2.28. The van der Waals surface area contributed by atoms with Crippen molar-refractivity contribution in [3.8, 4) is 0 Å². The van der Waals surface area contributed by atoms with Crippen LogP contribution in [0.5, 0.6) is 0 Å². The number of benzene rings is 1. The molecule has 0 N–H and O–H groups in total. The minimum atomic E-state index is -3.88. The maximum absolute atomic E-state index is 12.5. The van der Waals surface area contributed by atoms with Crippen molar-refractivity contribution < 1.29 is 13.2 Å². The molecule has 0 spiro atoms. The van der Waals surface area contributed by atoms with E-state index in [1.165, 1.54) is 18.2 Å². The Bertz CT molecular complexity index is 658. The van der Waals surface area contributed by atoms with Gasteiger partial charge in [0, 0.05) is 23.8 Å². The zero-order valence-corrected chi connectivity index (χ0v) is 14.2. The number of halogens is 2. The quantitative estimate of drug-likeness (QED) is 0.786. The highest BCUT2D eigenvalue weighted by Gasteiger charge is 2.30. The zero-order chi connectivity index (χ0) is 15.8. The Morgan fingerprint density at radius 3 is 2.57 bits per heavy atom. The first kappa shape index (κ1) is 16.6. The molecule has 1 atom stereocenters. The van der Waals surface area contributed by atoms with Crippen molar-refractivity contribution in [1.82, 2.24) is 4.90 Å². The molecular weight excluding hydrogens is 333 g/mol. The predicted octanol–water partition coefficient (Wildman–Crippen LogP) is 3.39. The number of hydrogen-bond acceptors (Lipinski definition) is 3. The van der Waals surface area contributed by atoms with Gasteiger partial charge in [-0.3, -0.25) is 4.79 Å². The minimum absolute atomic E-state index is 0.114. The summed E-state index contributed by atoms with van der Waals surface area (Å²) in [6.45, 7) is 5.60. The van der Waals surface area contributed by atoms with E-state index >= 15 is 0 Å². The summed E-state index contributed by atoms with van der Waals surface area (Å²) in [7, 11) is 1.44. The largest absolute Gasteiger partial charge is 0.338 e. The normalized spacial score (nSPS) is 19.3. The van der Waals surface area contributed by atoms with Crippen molar-refractivity contribution in [2.45, 2.75) is 25.2 Å². The third-order valence-electron chi connectivity index (χ3n) is 3.90. The van der Waals surface area contributed by atoms with Gasteiger partial charge in [-0.1, -0.05) is 25.4 Å². The molecule has 1 aromatic carbocycles. The fourth-order valence-corrected chi connectivity index (χ4v) is 3.48. The Hall–Kier alpha value is -0.780. The molecule has 0 aromatic heterocycles. The van der Waals surface area contributed by atoms with Gasteiger partial charge in [-0.2, -0.15) is 0 Å². The molecule has 1 aliphatic heterocycles. The smallest absolute Gasteiger partial charge is 0.261 e. The van der Waals surface area contributed by atoms with E-state index in [-0.39, 0.29) is 21.4 Å². The molecule has 4 nitrogen and oxygen atoms in total. The molecule has 1 heterocycles. The summed E-state index contributed by atoms with van der Waals surface area (Å²) < 4.78 is 22.8. The summed E-state index contributed by atoms with van der Waals surface area (Å²) in [5.41, 5.74) is 0.183. The SMILES string of the molecule is CC(C)C1CCN(C(=O)c2cc(S(=O)(=O)Cl)ccc2Cl)C1. The summed E-state index contributed by atoms with van der Waals surface area (Å²) >= 11 is 6.03. The number of hydrogen-bond donors (Lipinski definition) is 0. The first-order valence-corrected chi connectivity index (χ1v) is 9.42. The van der Waals surface area contributed by atoms with Gasteiger partial charge in [-0.05, 0) is 36.5 Å². The summed E-state index contributed by atoms with van der Waals surface area (Å²) in [5, 5.41) is 0.233. The van der Waals surface area contributed by atoms with E-state index in [0.717, 1.165) is 6.42 Å². The van der Waals surface area contributed by atoms with Crippen LogP contribution in [-0.2, 0) is 9.05 Å². The molecule has 1 saturated heterocycles. The topological polar surface area (TPSA) is 54.5 Å². The molecule has 0 bridgehead atoms. The van der Waals surface area contributed by atoms with Gasteiger partial charge < -0.3 is 4.90 Å². The van der Waals surface area contributed by atoms with Crippen LogP contribution >= 0.6 is 22.3 Å². The van der Waals surface area contributed by atoms with E-state index in [1.807, 2.05) is 0 Å². The Morgan fingerprint density at radius 1 is 1.38 bits per heavy atom. The van der Waals surface area contributed by atoms with Crippen LogP contribution in [0.1, 0.15) is 30.6 Å². The van der Waals surface area contributed by atoms with Gasteiger partial charge in [0.05, 0.1) is 15.5 Å².